The molecule has 2 fully saturated rings. The molecule has 0 spiro atoms. The summed E-state index contributed by atoms with van der Waals surface area (Å²) < 4.78 is 0. The SMILES string of the molecule is NC(N)=NCCC[C@@H](C=O)NC(=O)[C@@H]1C[C@H]2CCCC[C@H]2N1C(=O)[C@@H](Cc1ccccc1)NCC(=O)O. The van der Waals surface area contributed by atoms with Crippen LogP contribution >= 0.6 is 0 Å². The van der Waals surface area contributed by atoms with Crippen LogP contribution in [0.2, 0.25) is 0 Å². The van der Waals surface area contributed by atoms with Crippen LogP contribution < -0.4 is 22.1 Å². The van der Waals surface area contributed by atoms with Gasteiger partial charge in [0.1, 0.15) is 12.3 Å². The predicted molar refractivity (Wildman–Crippen MR) is 138 cm³/mol. The molecule has 1 saturated carbocycles. The van der Waals surface area contributed by atoms with Crippen LogP contribution in [0, 0.1) is 5.92 Å². The lowest BCUT2D eigenvalue weighted by Gasteiger charge is -2.36. The molecule has 1 aromatic carbocycles. The van der Waals surface area contributed by atoms with Gasteiger partial charge in [-0.25, -0.2) is 0 Å². The number of hydrogen-bond donors (Lipinski definition) is 5. The van der Waals surface area contributed by atoms with E-state index in [0.29, 0.717) is 38.5 Å². The van der Waals surface area contributed by atoms with Gasteiger partial charge in [-0.2, -0.15) is 0 Å². The second kappa shape index (κ2) is 13.7. The fraction of sp³-hybridized carbons (Fsp3) is 0.577. The van der Waals surface area contributed by atoms with E-state index in [9.17, 15) is 24.3 Å². The minimum Gasteiger partial charge on any atom is -0.480 e. The van der Waals surface area contributed by atoms with Crippen LogP contribution in [0.1, 0.15) is 50.5 Å². The van der Waals surface area contributed by atoms with E-state index in [1.807, 2.05) is 30.3 Å². The van der Waals surface area contributed by atoms with Crippen molar-refractivity contribution in [2.75, 3.05) is 13.1 Å². The number of likely N-dealkylation sites (tertiary alicyclic amines) is 1. The highest BCUT2D eigenvalue weighted by Gasteiger charge is 2.48. The van der Waals surface area contributed by atoms with Gasteiger partial charge in [0.05, 0.1) is 18.6 Å². The lowest BCUT2D eigenvalue weighted by Crippen LogP contribution is -2.57. The minimum absolute atomic E-state index is 0.0315. The molecule has 0 radical (unpaired) electrons. The van der Waals surface area contributed by atoms with Gasteiger partial charge in [0.2, 0.25) is 11.8 Å². The molecule has 37 heavy (non-hydrogen) atoms. The summed E-state index contributed by atoms with van der Waals surface area (Å²) in [6.07, 6.45) is 6.14. The van der Waals surface area contributed by atoms with Crippen molar-refractivity contribution in [1.82, 2.24) is 15.5 Å². The highest BCUT2D eigenvalue weighted by Crippen LogP contribution is 2.40. The highest BCUT2D eigenvalue weighted by molar-refractivity contribution is 5.92. The fourth-order valence-electron chi connectivity index (χ4n) is 5.47. The first-order valence-electron chi connectivity index (χ1n) is 12.9. The number of carbonyl (C=O) groups excluding carboxylic acids is 3. The largest absolute Gasteiger partial charge is 0.480 e. The maximum Gasteiger partial charge on any atom is 0.317 e. The van der Waals surface area contributed by atoms with Crippen molar-refractivity contribution in [3.8, 4) is 0 Å². The van der Waals surface area contributed by atoms with Crippen molar-refractivity contribution >= 4 is 30.0 Å². The maximum atomic E-state index is 13.9. The summed E-state index contributed by atoms with van der Waals surface area (Å²) in [4.78, 5) is 55.9. The number of fused-ring (bicyclic) bond motifs is 1. The lowest BCUT2D eigenvalue weighted by atomic mass is 9.84. The van der Waals surface area contributed by atoms with Gasteiger partial charge in [-0.15, -0.1) is 0 Å². The van der Waals surface area contributed by atoms with Gasteiger partial charge in [0, 0.05) is 12.6 Å². The molecular formula is C26H38N6O5. The topological polar surface area (TPSA) is 180 Å². The van der Waals surface area contributed by atoms with Crippen LogP contribution in [0.5, 0.6) is 0 Å². The zero-order chi connectivity index (χ0) is 26.8. The molecule has 202 valence electrons. The van der Waals surface area contributed by atoms with E-state index in [0.717, 1.165) is 31.2 Å². The zero-order valence-electron chi connectivity index (χ0n) is 21.1. The van der Waals surface area contributed by atoms with Gasteiger partial charge in [-0.3, -0.25) is 24.7 Å². The summed E-state index contributed by atoms with van der Waals surface area (Å²) in [5.41, 5.74) is 11.6. The van der Waals surface area contributed by atoms with E-state index in [4.69, 9.17) is 11.5 Å². The second-order valence-electron chi connectivity index (χ2n) is 9.83. The zero-order valence-corrected chi connectivity index (χ0v) is 21.1. The molecule has 3 rings (SSSR count). The van der Waals surface area contributed by atoms with E-state index >= 15 is 0 Å². The summed E-state index contributed by atoms with van der Waals surface area (Å²) in [6, 6.07) is 7.06. The molecule has 11 nitrogen and oxygen atoms in total. The van der Waals surface area contributed by atoms with Crippen molar-refractivity contribution in [1.29, 1.82) is 0 Å². The summed E-state index contributed by atoms with van der Waals surface area (Å²) in [7, 11) is 0. The molecular weight excluding hydrogens is 476 g/mol. The number of nitrogens with zero attached hydrogens (tertiary/aromatic N) is 2. The number of aldehydes is 1. The van der Waals surface area contributed by atoms with Crippen LogP contribution in [0.25, 0.3) is 0 Å². The van der Waals surface area contributed by atoms with Crippen molar-refractivity contribution in [2.45, 2.75) is 75.5 Å². The number of carboxylic acids is 1. The number of guanidine groups is 1. The van der Waals surface area contributed by atoms with Gasteiger partial charge in [0.25, 0.3) is 0 Å². The Balaban J connectivity index is 1.78. The Morgan fingerprint density at radius 2 is 1.89 bits per heavy atom. The average Bonchev–Trinajstić information content (AvgIpc) is 3.28. The van der Waals surface area contributed by atoms with Gasteiger partial charge in [-0.05, 0) is 50.0 Å². The fourth-order valence-corrected chi connectivity index (χ4v) is 5.47. The van der Waals surface area contributed by atoms with Gasteiger partial charge >= 0.3 is 5.97 Å². The smallest absolute Gasteiger partial charge is 0.317 e. The number of nitrogens with two attached hydrogens (primary N) is 2. The van der Waals surface area contributed by atoms with Crippen LogP contribution in [-0.4, -0.2) is 77.3 Å². The van der Waals surface area contributed by atoms with E-state index in [1.54, 1.807) is 4.90 Å². The second-order valence-corrected chi connectivity index (χ2v) is 9.83. The Morgan fingerprint density at radius 1 is 1.16 bits per heavy atom. The number of amides is 2. The molecule has 0 bridgehead atoms. The molecule has 11 heteroatoms. The third kappa shape index (κ3) is 8.01. The molecule has 2 aliphatic rings. The Labute approximate surface area is 217 Å². The Kier molecular flexibility index (Phi) is 10.4. The molecule has 5 atom stereocenters. The molecule has 1 aliphatic heterocycles. The molecule has 0 unspecified atom stereocenters. The Bertz CT molecular complexity index is 967. The number of benzene rings is 1. The number of rotatable bonds is 13. The Hall–Kier alpha value is -3.47. The predicted octanol–water partition coefficient (Wildman–Crippen LogP) is 0.169. The normalized spacial score (nSPS) is 22.4. The van der Waals surface area contributed by atoms with E-state index in [2.05, 4.69) is 15.6 Å². The van der Waals surface area contributed by atoms with Crippen molar-refractivity contribution < 1.29 is 24.3 Å². The monoisotopic (exact) mass is 514 g/mol. The number of hydrogen-bond acceptors (Lipinski definition) is 6. The quantitative estimate of drug-likeness (QED) is 0.107. The molecule has 7 N–H and O–H groups in total. The van der Waals surface area contributed by atoms with Gasteiger partial charge in [-0.1, -0.05) is 43.2 Å². The number of carboxylic acid groups (broad SMARTS) is 1. The van der Waals surface area contributed by atoms with Crippen molar-refractivity contribution in [2.24, 2.45) is 22.4 Å². The van der Waals surface area contributed by atoms with Crippen LogP contribution in [-0.2, 0) is 25.6 Å². The first kappa shape index (κ1) is 28.1. The molecule has 1 aromatic rings. The van der Waals surface area contributed by atoms with E-state index < -0.39 is 24.1 Å². The first-order valence-corrected chi connectivity index (χ1v) is 12.9. The number of nitrogens with one attached hydrogen (secondary N) is 2. The Morgan fingerprint density at radius 3 is 2.57 bits per heavy atom. The van der Waals surface area contributed by atoms with Gasteiger partial charge in [0.15, 0.2) is 5.96 Å². The summed E-state index contributed by atoms with van der Waals surface area (Å²) >= 11 is 0. The molecule has 2 amide bonds. The highest BCUT2D eigenvalue weighted by atomic mass is 16.4. The van der Waals surface area contributed by atoms with Crippen molar-refractivity contribution in [3.05, 3.63) is 35.9 Å². The molecule has 1 aliphatic carbocycles. The third-order valence-electron chi connectivity index (χ3n) is 7.19. The minimum atomic E-state index is -1.06. The first-order chi connectivity index (χ1) is 17.8. The van der Waals surface area contributed by atoms with E-state index in [1.165, 1.54) is 0 Å². The van der Waals surface area contributed by atoms with Crippen molar-refractivity contribution in [3.63, 3.8) is 0 Å². The number of aliphatic imine (C=N–C) groups is 1. The summed E-state index contributed by atoms with van der Waals surface area (Å²) in [6.45, 7) is -0.0256. The number of carbonyl (C=O) groups is 4. The average molecular weight is 515 g/mol. The summed E-state index contributed by atoms with van der Waals surface area (Å²) in [5.74, 6) is -1.54. The van der Waals surface area contributed by atoms with Gasteiger partial charge < -0.3 is 31.6 Å². The number of aliphatic carboxylic acids is 1. The third-order valence-corrected chi connectivity index (χ3v) is 7.19. The summed E-state index contributed by atoms with van der Waals surface area (Å²) in [5, 5.41) is 14.9. The maximum absolute atomic E-state index is 13.9. The van der Waals surface area contributed by atoms with E-state index in [-0.39, 0.29) is 36.3 Å². The van der Waals surface area contributed by atoms with Crippen LogP contribution in [0.3, 0.4) is 0 Å². The molecule has 1 heterocycles. The van der Waals surface area contributed by atoms with Crippen LogP contribution in [0.4, 0.5) is 0 Å². The standard InChI is InChI=1S/C26H38N6O5/c27-26(28)29-12-6-10-19(16-33)31-24(36)22-14-18-9-4-5-11-21(18)32(22)25(37)20(30-15-23(34)35)13-17-7-2-1-3-8-17/h1-3,7-8,16,18-22,30H,4-6,9-15H2,(H,31,36)(H,34,35)(H4,27,28,29)/t18-,19+,20-,21-,22+/m1/s1. The molecule has 0 aromatic heterocycles. The molecule has 1 saturated heterocycles. The lowest BCUT2D eigenvalue weighted by molar-refractivity contribution is -0.143. The van der Waals surface area contributed by atoms with Crippen LogP contribution in [0.15, 0.2) is 35.3 Å².